The van der Waals surface area contributed by atoms with Crippen molar-refractivity contribution in [3.8, 4) is 0 Å². The molecule has 2 aliphatic rings. The fourth-order valence-electron chi connectivity index (χ4n) is 5.63. The molecule has 2 fully saturated rings. The van der Waals surface area contributed by atoms with Crippen LogP contribution in [0.5, 0.6) is 0 Å². The van der Waals surface area contributed by atoms with Crippen LogP contribution in [-0.4, -0.2) is 42.0 Å². The molecule has 2 heterocycles. The number of anilines is 1. The Balaban J connectivity index is 1.12. The molecule has 2 aliphatic heterocycles. The van der Waals surface area contributed by atoms with Crippen LogP contribution >= 0.6 is 0 Å². The molecule has 5 rings (SSSR count). The Kier molecular flexibility index (Phi) is 7.97. The van der Waals surface area contributed by atoms with Gasteiger partial charge in [0.2, 0.25) is 0 Å². The summed E-state index contributed by atoms with van der Waals surface area (Å²) in [5.41, 5.74) is 7.22. The third kappa shape index (κ3) is 6.62. The Morgan fingerprint density at radius 3 is 2.17 bits per heavy atom. The van der Waals surface area contributed by atoms with Crippen molar-refractivity contribution in [3.63, 3.8) is 0 Å². The van der Waals surface area contributed by atoms with Gasteiger partial charge >= 0.3 is 0 Å². The number of nitrogens with zero attached hydrogens (tertiary/aromatic N) is 2. The topological polar surface area (TPSA) is 18.5 Å². The van der Waals surface area contributed by atoms with Crippen LogP contribution in [0.15, 0.2) is 85.4 Å². The Labute approximate surface area is 211 Å². The molecule has 0 bridgehead atoms. The van der Waals surface area contributed by atoms with Crippen molar-refractivity contribution >= 4 is 11.4 Å². The molecular weight excluding hydrogens is 426 g/mol. The highest BCUT2D eigenvalue weighted by atomic mass is 15.2. The van der Waals surface area contributed by atoms with Crippen molar-refractivity contribution in [3.05, 3.63) is 108 Å². The highest BCUT2D eigenvalue weighted by molar-refractivity contribution is 5.75. The number of hydrogen-bond donors (Lipinski definition) is 1. The van der Waals surface area contributed by atoms with Gasteiger partial charge in [-0.15, -0.1) is 0 Å². The summed E-state index contributed by atoms with van der Waals surface area (Å²) in [6, 6.07) is 29.0. The van der Waals surface area contributed by atoms with E-state index in [1.807, 2.05) is 0 Å². The molecule has 3 heteroatoms. The molecule has 0 saturated carbocycles. The van der Waals surface area contributed by atoms with Crippen molar-refractivity contribution in [2.45, 2.75) is 51.1 Å². The predicted molar refractivity (Wildman–Crippen MR) is 149 cm³/mol. The monoisotopic (exact) mass is 465 g/mol. The Morgan fingerprint density at radius 2 is 1.43 bits per heavy atom. The van der Waals surface area contributed by atoms with Gasteiger partial charge in [0.1, 0.15) is 0 Å². The van der Waals surface area contributed by atoms with Gasteiger partial charge in [-0.1, -0.05) is 79.7 Å². The van der Waals surface area contributed by atoms with Crippen molar-refractivity contribution in [2.24, 2.45) is 0 Å². The van der Waals surface area contributed by atoms with Crippen molar-refractivity contribution in [2.75, 3.05) is 31.5 Å². The van der Waals surface area contributed by atoms with E-state index in [1.165, 1.54) is 75.0 Å². The molecule has 0 aliphatic carbocycles. The second-order valence-electron chi connectivity index (χ2n) is 10.3. The second-order valence-corrected chi connectivity index (χ2v) is 10.3. The van der Waals surface area contributed by atoms with Gasteiger partial charge in [-0.3, -0.25) is 4.90 Å². The minimum atomic E-state index is 0.807. The highest BCUT2D eigenvalue weighted by Crippen LogP contribution is 2.24. The normalized spacial score (nSPS) is 17.8. The lowest BCUT2D eigenvalue weighted by atomic mass is 9.99. The van der Waals surface area contributed by atoms with Crippen LogP contribution in [0.3, 0.4) is 0 Å². The molecule has 0 radical (unpaired) electrons. The van der Waals surface area contributed by atoms with Gasteiger partial charge in [0, 0.05) is 24.0 Å². The molecular formula is C32H39N3. The summed E-state index contributed by atoms with van der Waals surface area (Å²) in [6.45, 7) is 10.4. The molecule has 3 aromatic rings. The molecule has 0 amide bonds. The molecule has 0 spiro atoms. The first-order valence-corrected chi connectivity index (χ1v) is 13.4. The third-order valence-electron chi connectivity index (χ3n) is 7.65. The lowest BCUT2D eigenvalue weighted by Crippen LogP contribution is -2.46. The SMILES string of the molecule is C=C(Nc1cccc(CN2CCC(N3CCCCC3)CC2)c1)c1ccc(Cc2ccccc2)cc1. The first-order valence-electron chi connectivity index (χ1n) is 13.4. The average Bonchev–Trinajstić information content (AvgIpc) is 2.91. The Hall–Kier alpha value is -2.88. The van der Waals surface area contributed by atoms with Crippen molar-refractivity contribution in [1.29, 1.82) is 0 Å². The van der Waals surface area contributed by atoms with Gasteiger partial charge in [-0.2, -0.15) is 0 Å². The summed E-state index contributed by atoms with van der Waals surface area (Å²) in [5, 5.41) is 3.54. The number of likely N-dealkylation sites (tertiary alicyclic amines) is 2. The van der Waals surface area contributed by atoms with E-state index in [0.29, 0.717) is 0 Å². The van der Waals surface area contributed by atoms with Gasteiger partial charge in [-0.05, 0) is 92.7 Å². The maximum atomic E-state index is 4.31. The number of hydrogen-bond acceptors (Lipinski definition) is 3. The number of rotatable bonds is 8. The van der Waals surface area contributed by atoms with E-state index in [-0.39, 0.29) is 0 Å². The summed E-state index contributed by atoms with van der Waals surface area (Å²) in [7, 11) is 0. The molecule has 35 heavy (non-hydrogen) atoms. The van der Waals surface area contributed by atoms with Gasteiger partial charge < -0.3 is 10.2 Å². The molecule has 2 saturated heterocycles. The highest BCUT2D eigenvalue weighted by Gasteiger charge is 2.25. The minimum Gasteiger partial charge on any atom is -0.356 e. The Bertz CT molecular complexity index is 1080. The van der Waals surface area contributed by atoms with Gasteiger partial charge in [-0.25, -0.2) is 0 Å². The summed E-state index contributed by atoms with van der Waals surface area (Å²) < 4.78 is 0. The lowest BCUT2D eigenvalue weighted by molar-refractivity contribution is 0.0896. The van der Waals surface area contributed by atoms with Crippen molar-refractivity contribution < 1.29 is 0 Å². The Morgan fingerprint density at radius 1 is 0.743 bits per heavy atom. The van der Waals surface area contributed by atoms with Crippen LogP contribution in [0.4, 0.5) is 5.69 Å². The molecule has 182 valence electrons. The van der Waals surface area contributed by atoms with Crippen LogP contribution < -0.4 is 5.32 Å². The molecule has 0 aromatic heterocycles. The molecule has 3 aromatic carbocycles. The van der Waals surface area contributed by atoms with Crippen molar-refractivity contribution in [1.82, 2.24) is 9.80 Å². The summed E-state index contributed by atoms with van der Waals surface area (Å²) in [6.07, 6.45) is 7.79. The number of piperidine rings is 2. The van der Waals surface area contributed by atoms with Crippen LogP contribution in [0.2, 0.25) is 0 Å². The summed E-state index contributed by atoms with van der Waals surface area (Å²) in [4.78, 5) is 5.38. The largest absolute Gasteiger partial charge is 0.356 e. The molecule has 0 unspecified atom stereocenters. The zero-order chi connectivity index (χ0) is 23.9. The number of nitrogens with one attached hydrogen (secondary N) is 1. The third-order valence-corrected chi connectivity index (χ3v) is 7.65. The number of benzene rings is 3. The smallest absolute Gasteiger partial charge is 0.0387 e. The fourth-order valence-corrected chi connectivity index (χ4v) is 5.63. The lowest BCUT2D eigenvalue weighted by Gasteiger charge is -2.40. The predicted octanol–water partition coefficient (Wildman–Crippen LogP) is 6.81. The zero-order valence-electron chi connectivity index (χ0n) is 21.0. The van der Waals surface area contributed by atoms with Crippen LogP contribution in [0.1, 0.15) is 54.4 Å². The minimum absolute atomic E-state index is 0.807. The maximum Gasteiger partial charge on any atom is 0.0387 e. The fraction of sp³-hybridized carbons (Fsp3) is 0.375. The summed E-state index contributed by atoms with van der Waals surface area (Å²) in [5.74, 6) is 0. The van der Waals surface area contributed by atoms with E-state index in [9.17, 15) is 0 Å². The van der Waals surface area contributed by atoms with Gasteiger partial charge in [0.05, 0.1) is 0 Å². The first-order chi connectivity index (χ1) is 17.2. The molecule has 3 nitrogen and oxygen atoms in total. The standard InChI is InChI=1S/C32H39N3/c1-26(30-15-13-28(14-16-30)23-27-9-4-2-5-10-27)33-31-12-8-11-29(24-31)25-34-21-17-32(18-22-34)35-19-6-3-7-20-35/h2,4-5,8-16,24,32-33H,1,3,6-7,17-23,25H2. The van der Waals surface area contributed by atoms with E-state index < -0.39 is 0 Å². The maximum absolute atomic E-state index is 4.31. The van der Waals surface area contributed by atoms with Gasteiger partial charge in [0.25, 0.3) is 0 Å². The molecule has 0 atom stereocenters. The average molecular weight is 466 g/mol. The quantitative estimate of drug-likeness (QED) is 0.394. The summed E-state index contributed by atoms with van der Waals surface area (Å²) >= 11 is 0. The molecule has 1 N–H and O–H groups in total. The van der Waals surface area contributed by atoms with E-state index in [4.69, 9.17) is 0 Å². The van der Waals surface area contributed by atoms with Crippen LogP contribution in [0, 0.1) is 0 Å². The van der Waals surface area contributed by atoms with E-state index in [2.05, 4.69) is 101 Å². The first kappa shape index (κ1) is 23.8. The van der Waals surface area contributed by atoms with Crippen LogP contribution in [0.25, 0.3) is 5.70 Å². The van der Waals surface area contributed by atoms with Crippen LogP contribution in [-0.2, 0) is 13.0 Å². The zero-order valence-corrected chi connectivity index (χ0v) is 21.0. The second kappa shape index (κ2) is 11.7. The van der Waals surface area contributed by atoms with E-state index >= 15 is 0 Å². The van der Waals surface area contributed by atoms with E-state index in [1.54, 1.807) is 0 Å². The van der Waals surface area contributed by atoms with Gasteiger partial charge in [0.15, 0.2) is 0 Å². The van der Waals surface area contributed by atoms with E-state index in [0.717, 1.165) is 36.0 Å².